The Morgan fingerprint density at radius 3 is 2.95 bits per heavy atom. The molecule has 22 heavy (non-hydrogen) atoms. The molecule has 0 saturated carbocycles. The molecule has 3 aromatic rings. The zero-order valence-corrected chi connectivity index (χ0v) is 12.1. The molecule has 0 bridgehead atoms. The SMILES string of the molecule is O=C(N[C@H]1CCc2ccccc21)c1ccc2ncccc2c1. The topological polar surface area (TPSA) is 42.0 Å². The van der Waals surface area contributed by atoms with Crippen molar-refractivity contribution in [1.82, 2.24) is 10.3 Å². The Kier molecular flexibility index (Phi) is 3.11. The minimum Gasteiger partial charge on any atom is -0.345 e. The summed E-state index contributed by atoms with van der Waals surface area (Å²) in [5.74, 6) is -0.0209. The maximum atomic E-state index is 12.5. The predicted octanol–water partition coefficient (Wildman–Crippen LogP) is 3.65. The molecule has 0 radical (unpaired) electrons. The van der Waals surface area contributed by atoms with E-state index in [1.807, 2.05) is 36.4 Å². The predicted molar refractivity (Wildman–Crippen MR) is 86.7 cm³/mol. The van der Waals surface area contributed by atoms with Crippen molar-refractivity contribution in [3.05, 3.63) is 77.5 Å². The molecule has 3 nitrogen and oxygen atoms in total. The second-order valence-electron chi connectivity index (χ2n) is 5.67. The number of hydrogen-bond donors (Lipinski definition) is 1. The Morgan fingerprint density at radius 1 is 1.09 bits per heavy atom. The monoisotopic (exact) mass is 288 g/mol. The second kappa shape index (κ2) is 5.26. The Hall–Kier alpha value is -2.68. The number of nitrogens with zero attached hydrogens (tertiary/aromatic N) is 1. The van der Waals surface area contributed by atoms with Gasteiger partial charge in [0.25, 0.3) is 5.91 Å². The maximum Gasteiger partial charge on any atom is 0.251 e. The average Bonchev–Trinajstić information content (AvgIpc) is 2.97. The Bertz CT molecular complexity index is 857. The standard InChI is InChI=1S/C19H16N2O/c22-19(15-8-9-17-14(12-15)5-3-11-20-17)21-18-10-7-13-4-1-2-6-16(13)18/h1-6,8-9,11-12,18H,7,10H2,(H,21,22)/t18-/m0/s1. The van der Waals surface area contributed by atoms with Crippen LogP contribution in [0.2, 0.25) is 0 Å². The van der Waals surface area contributed by atoms with Crippen LogP contribution in [0.3, 0.4) is 0 Å². The van der Waals surface area contributed by atoms with Gasteiger partial charge in [-0.15, -0.1) is 0 Å². The zero-order valence-electron chi connectivity index (χ0n) is 12.1. The van der Waals surface area contributed by atoms with Crippen molar-refractivity contribution in [3.63, 3.8) is 0 Å². The van der Waals surface area contributed by atoms with E-state index in [2.05, 4.69) is 28.5 Å². The third-order valence-electron chi connectivity index (χ3n) is 4.30. The van der Waals surface area contributed by atoms with Crippen LogP contribution in [0.15, 0.2) is 60.8 Å². The summed E-state index contributed by atoms with van der Waals surface area (Å²) in [6.45, 7) is 0. The molecule has 108 valence electrons. The van der Waals surface area contributed by atoms with Crippen molar-refractivity contribution >= 4 is 16.8 Å². The van der Waals surface area contributed by atoms with Gasteiger partial charge in [-0.1, -0.05) is 30.3 Å². The normalized spacial score (nSPS) is 16.5. The van der Waals surface area contributed by atoms with Gasteiger partial charge >= 0.3 is 0 Å². The van der Waals surface area contributed by atoms with E-state index in [0.29, 0.717) is 5.56 Å². The third-order valence-corrected chi connectivity index (χ3v) is 4.30. The molecule has 1 aliphatic rings. The molecule has 4 rings (SSSR count). The number of nitrogens with one attached hydrogen (secondary N) is 1. The van der Waals surface area contributed by atoms with Gasteiger partial charge in [0, 0.05) is 17.1 Å². The number of aromatic nitrogens is 1. The fourth-order valence-electron chi connectivity index (χ4n) is 3.17. The van der Waals surface area contributed by atoms with Crippen molar-refractivity contribution in [2.75, 3.05) is 0 Å². The molecular formula is C19H16N2O. The fourth-order valence-corrected chi connectivity index (χ4v) is 3.17. The average molecular weight is 288 g/mol. The number of carbonyl (C=O) groups is 1. The lowest BCUT2D eigenvalue weighted by Crippen LogP contribution is -2.27. The summed E-state index contributed by atoms with van der Waals surface area (Å²) in [6.07, 6.45) is 3.76. The molecule has 0 spiro atoms. The Balaban J connectivity index is 1.59. The zero-order chi connectivity index (χ0) is 14.9. The van der Waals surface area contributed by atoms with Crippen molar-refractivity contribution in [1.29, 1.82) is 0 Å². The van der Waals surface area contributed by atoms with Gasteiger partial charge in [-0.2, -0.15) is 0 Å². The minimum absolute atomic E-state index is 0.0209. The van der Waals surface area contributed by atoms with E-state index in [1.165, 1.54) is 11.1 Å². The molecule has 2 aromatic carbocycles. The number of amides is 1. The fraction of sp³-hybridized carbons (Fsp3) is 0.158. The third kappa shape index (κ3) is 2.25. The second-order valence-corrected chi connectivity index (χ2v) is 5.67. The molecule has 0 saturated heterocycles. The molecule has 1 atom stereocenters. The van der Waals surface area contributed by atoms with Gasteiger partial charge in [-0.05, 0) is 48.2 Å². The molecule has 1 heterocycles. The van der Waals surface area contributed by atoms with E-state index >= 15 is 0 Å². The first-order valence-corrected chi connectivity index (χ1v) is 7.55. The Labute approximate surface area is 129 Å². The number of aryl methyl sites for hydroxylation is 1. The van der Waals surface area contributed by atoms with Gasteiger partial charge < -0.3 is 5.32 Å². The summed E-state index contributed by atoms with van der Waals surface area (Å²) < 4.78 is 0. The van der Waals surface area contributed by atoms with E-state index in [1.54, 1.807) is 6.20 Å². The number of carbonyl (C=O) groups excluding carboxylic acids is 1. The van der Waals surface area contributed by atoms with Gasteiger partial charge in [0.2, 0.25) is 0 Å². The highest BCUT2D eigenvalue weighted by Crippen LogP contribution is 2.31. The number of pyridine rings is 1. The highest BCUT2D eigenvalue weighted by atomic mass is 16.1. The molecule has 1 N–H and O–H groups in total. The van der Waals surface area contributed by atoms with E-state index in [0.717, 1.165) is 23.7 Å². The molecule has 3 heteroatoms. The van der Waals surface area contributed by atoms with Crippen LogP contribution in [-0.4, -0.2) is 10.9 Å². The summed E-state index contributed by atoms with van der Waals surface area (Å²) >= 11 is 0. The van der Waals surface area contributed by atoms with Crippen LogP contribution in [0.4, 0.5) is 0 Å². The molecular weight excluding hydrogens is 272 g/mol. The summed E-state index contributed by atoms with van der Waals surface area (Å²) in [5.41, 5.74) is 4.18. The molecule has 0 aliphatic heterocycles. The first-order chi connectivity index (χ1) is 10.8. The van der Waals surface area contributed by atoms with Crippen molar-refractivity contribution in [2.24, 2.45) is 0 Å². The lowest BCUT2D eigenvalue weighted by Gasteiger charge is -2.14. The van der Waals surface area contributed by atoms with Crippen LogP contribution < -0.4 is 5.32 Å². The van der Waals surface area contributed by atoms with Crippen LogP contribution in [0.1, 0.15) is 33.9 Å². The van der Waals surface area contributed by atoms with Crippen LogP contribution in [0, 0.1) is 0 Å². The molecule has 0 fully saturated rings. The van der Waals surface area contributed by atoms with Crippen LogP contribution in [0.5, 0.6) is 0 Å². The van der Waals surface area contributed by atoms with E-state index < -0.39 is 0 Å². The van der Waals surface area contributed by atoms with E-state index in [4.69, 9.17) is 0 Å². The van der Waals surface area contributed by atoms with E-state index in [-0.39, 0.29) is 11.9 Å². The lowest BCUT2D eigenvalue weighted by molar-refractivity contribution is 0.0937. The van der Waals surface area contributed by atoms with Crippen molar-refractivity contribution in [2.45, 2.75) is 18.9 Å². The van der Waals surface area contributed by atoms with Gasteiger partial charge in [0.05, 0.1) is 11.6 Å². The summed E-state index contributed by atoms with van der Waals surface area (Å²) in [6, 6.07) is 18.0. The van der Waals surface area contributed by atoms with Gasteiger partial charge in [-0.3, -0.25) is 9.78 Å². The molecule has 1 aromatic heterocycles. The van der Waals surface area contributed by atoms with Crippen LogP contribution >= 0.6 is 0 Å². The van der Waals surface area contributed by atoms with Gasteiger partial charge in [0.15, 0.2) is 0 Å². The number of hydrogen-bond acceptors (Lipinski definition) is 2. The quantitative estimate of drug-likeness (QED) is 0.782. The largest absolute Gasteiger partial charge is 0.345 e. The van der Waals surface area contributed by atoms with Crippen molar-refractivity contribution < 1.29 is 4.79 Å². The summed E-state index contributed by atoms with van der Waals surface area (Å²) in [5, 5.41) is 4.14. The van der Waals surface area contributed by atoms with Crippen LogP contribution in [-0.2, 0) is 6.42 Å². The molecule has 1 aliphatic carbocycles. The highest BCUT2D eigenvalue weighted by Gasteiger charge is 2.23. The highest BCUT2D eigenvalue weighted by molar-refractivity contribution is 5.98. The maximum absolute atomic E-state index is 12.5. The number of benzene rings is 2. The lowest BCUT2D eigenvalue weighted by atomic mass is 10.1. The Morgan fingerprint density at radius 2 is 2.00 bits per heavy atom. The first kappa shape index (κ1) is 13.0. The van der Waals surface area contributed by atoms with E-state index in [9.17, 15) is 4.79 Å². The van der Waals surface area contributed by atoms with Crippen molar-refractivity contribution in [3.8, 4) is 0 Å². The smallest absolute Gasteiger partial charge is 0.251 e. The molecule has 1 amide bonds. The van der Waals surface area contributed by atoms with Gasteiger partial charge in [-0.25, -0.2) is 0 Å². The summed E-state index contributed by atoms with van der Waals surface area (Å²) in [7, 11) is 0. The first-order valence-electron chi connectivity index (χ1n) is 7.55. The minimum atomic E-state index is -0.0209. The van der Waals surface area contributed by atoms with Crippen LogP contribution in [0.25, 0.3) is 10.9 Å². The summed E-state index contributed by atoms with van der Waals surface area (Å²) in [4.78, 5) is 16.8. The molecule has 0 unspecified atom stereocenters. The number of fused-ring (bicyclic) bond motifs is 2. The number of rotatable bonds is 2. The van der Waals surface area contributed by atoms with Gasteiger partial charge in [0.1, 0.15) is 0 Å².